The Morgan fingerprint density at radius 2 is 0.655 bits per heavy atom. The van der Waals surface area contributed by atoms with Crippen LogP contribution in [0.1, 0.15) is 247 Å². The highest BCUT2D eigenvalue weighted by Crippen LogP contribution is 2.33. The van der Waals surface area contributed by atoms with Crippen molar-refractivity contribution in [1.82, 2.24) is 29.9 Å². The zero-order valence-electron chi connectivity index (χ0n) is 72.7. The molecule has 6 heterocycles. The van der Waals surface area contributed by atoms with E-state index in [0.29, 0.717) is 59.1 Å². The molecule has 15 rings (SSSR count). The molecule has 0 saturated carbocycles. The van der Waals surface area contributed by atoms with Gasteiger partial charge in [-0.1, -0.05) is 190 Å². The summed E-state index contributed by atoms with van der Waals surface area (Å²) in [6.07, 6.45) is 5.24. The fraction of sp³-hybridized carbons (Fsp3) is 0.308. The summed E-state index contributed by atoms with van der Waals surface area (Å²) in [5.41, 5.74) is 31.4. The van der Waals surface area contributed by atoms with Gasteiger partial charge >= 0.3 is 0 Å². The van der Waals surface area contributed by atoms with Gasteiger partial charge in [0.25, 0.3) is 0 Å². The molecule has 0 atom stereocenters. The van der Waals surface area contributed by atoms with Crippen LogP contribution < -0.4 is 0 Å². The SMILES string of the molecule is Cc1cc(-c2ccc(F)cc2)ncc1C(C)C.Cc1cc(F)ccc1C(C)C.Cc1cc2nc(-c3ccccc3)oc2cc1C(C)C.Cc1cc2oc(-c3ccccc3)nc2cc1C(C)C.Cc1cc2ocnc2cc1C(C)C.Cc1ccccc1C(C)C.Cc1nc(-c2ccc(F)cc2)ccc1C(C)C.Cc1ncccc1C(C)C. The lowest BCUT2D eigenvalue weighted by atomic mass is 9.98. The first-order chi connectivity index (χ1) is 55.2. The van der Waals surface area contributed by atoms with Gasteiger partial charge in [-0.2, -0.15) is 0 Å². The van der Waals surface area contributed by atoms with Crippen molar-refractivity contribution in [1.29, 1.82) is 0 Å². The highest BCUT2D eigenvalue weighted by Gasteiger charge is 2.16. The molecule has 116 heavy (non-hydrogen) atoms. The van der Waals surface area contributed by atoms with Crippen LogP contribution in [-0.4, -0.2) is 29.9 Å². The molecule has 0 bridgehead atoms. The van der Waals surface area contributed by atoms with E-state index in [1.165, 1.54) is 109 Å². The van der Waals surface area contributed by atoms with Crippen LogP contribution in [0.3, 0.4) is 0 Å². The van der Waals surface area contributed by atoms with Gasteiger partial charge in [0.05, 0.1) is 11.4 Å². The third kappa shape index (κ3) is 25.6. The average molecular weight is 1560 g/mol. The van der Waals surface area contributed by atoms with Gasteiger partial charge in [-0.25, -0.2) is 28.1 Å². The van der Waals surface area contributed by atoms with Crippen LogP contribution >= 0.6 is 0 Å². The lowest BCUT2D eigenvalue weighted by molar-refractivity contribution is 0.601. The number of nitrogens with zero attached hydrogens (tertiary/aromatic N) is 6. The van der Waals surface area contributed by atoms with Crippen LogP contribution in [0.25, 0.3) is 78.7 Å². The summed E-state index contributed by atoms with van der Waals surface area (Å²) in [5, 5.41) is 0. The highest BCUT2D eigenvalue weighted by atomic mass is 19.1. The molecule has 9 aromatic carbocycles. The van der Waals surface area contributed by atoms with Gasteiger partial charge < -0.3 is 13.3 Å². The van der Waals surface area contributed by atoms with Crippen molar-refractivity contribution in [2.75, 3.05) is 0 Å². The van der Waals surface area contributed by atoms with Gasteiger partial charge in [0.2, 0.25) is 11.8 Å². The second kappa shape index (κ2) is 42.8. The van der Waals surface area contributed by atoms with Crippen LogP contribution in [-0.2, 0) is 0 Å². The highest BCUT2D eigenvalue weighted by molar-refractivity contribution is 5.80. The normalized spacial score (nSPS) is 11.0. The topological polar surface area (TPSA) is 117 Å². The number of benzene rings is 9. The summed E-state index contributed by atoms with van der Waals surface area (Å²) in [5.74, 6) is 5.02. The van der Waals surface area contributed by atoms with Crippen molar-refractivity contribution in [2.24, 2.45) is 0 Å². The minimum absolute atomic E-state index is 0.146. The van der Waals surface area contributed by atoms with Gasteiger partial charge in [0, 0.05) is 46.0 Å². The molecular formula is C104H119F3N6O3. The van der Waals surface area contributed by atoms with E-state index in [9.17, 15) is 13.2 Å². The predicted octanol–water partition coefficient (Wildman–Crippen LogP) is 30.6. The molecule has 6 aromatic heterocycles. The number of fused-ring (bicyclic) bond motifs is 3. The lowest BCUT2D eigenvalue weighted by Crippen LogP contribution is -1.96. The standard InChI is InChI=1S/2C17H17NO.2C15H16FN.C11H13NO.C10H13F.C10H14.C9H13N/c1-11(2)14-10-15-16(9-12(14)3)19-17(18-15)13-7-5-4-6-8-13;1-11(2)14-10-16-15(9-12(14)3)18-17(19-16)13-7-5-4-6-8-13;1-10(2)14-9-17-15(8-11(14)3)12-4-6-13(16)7-5-12;1-10(2)14-8-9-15(17-11(14)3)12-4-6-13(16)7-5-12;1-7(2)9-5-10-11(4-8(9)3)13-6-12-10;1-7(2)10-5-4-9(11)6-8(10)3;1-8(2)10-7-5-4-6-9(10)3;1-7(2)9-5-4-6-10-8(9)3/h2*4-11H,1-3H3;2*4-10H,1-3H3;4-7H,1-3H3;4-7H,1-3H3;4-8H,1-3H3;4-7H,1-3H3. The smallest absolute Gasteiger partial charge is 0.227 e. The van der Waals surface area contributed by atoms with E-state index in [-0.39, 0.29) is 17.5 Å². The van der Waals surface area contributed by atoms with Gasteiger partial charge in [-0.3, -0.25) is 15.0 Å². The summed E-state index contributed by atoms with van der Waals surface area (Å²) < 4.78 is 55.2. The van der Waals surface area contributed by atoms with Gasteiger partial charge in [0.1, 0.15) is 34.0 Å². The van der Waals surface area contributed by atoms with Gasteiger partial charge in [-0.15, -0.1) is 0 Å². The van der Waals surface area contributed by atoms with E-state index in [1.807, 2.05) is 105 Å². The van der Waals surface area contributed by atoms with Crippen molar-refractivity contribution < 1.29 is 26.4 Å². The molecule has 0 spiro atoms. The molecular weight excluding hydrogens is 1440 g/mol. The first-order valence-electron chi connectivity index (χ1n) is 40.6. The van der Waals surface area contributed by atoms with E-state index in [4.69, 9.17) is 13.3 Å². The molecule has 0 fully saturated rings. The molecule has 0 N–H and O–H groups in total. The molecule has 0 aliphatic carbocycles. The fourth-order valence-corrected chi connectivity index (χ4v) is 14.0. The molecule has 0 unspecified atom stereocenters. The minimum Gasteiger partial charge on any atom is -0.443 e. The van der Waals surface area contributed by atoms with Crippen molar-refractivity contribution in [3.63, 3.8) is 0 Å². The molecule has 0 amide bonds. The Kier molecular flexibility index (Phi) is 33.3. The number of oxazole rings is 3. The molecule has 604 valence electrons. The molecule has 9 nitrogen and oxygen atoms in total. The van der Waals surface area contributed by atoms with E-state index in [1.54, 1.807) is 30.3 Å². The van der Waals surface area contributed by atoms with Gasteiger partial charge in [-0.05, 0) is 320 Å². The van der Waals surface area contributed by atoms with Crippen LogP contribution in [0.15, 0.2) is 250 Å². The summed E-state index contributed by atoms with van der Waals surface area (Å²) in [6, 6.07) is 69.3. The summed E-state index contributed by atoms with van der Waals surface area (Å²) in [7, 11) is 0. The predicted molar refractivity (Wildman–Crippen MR) is 480 cm³/mol. The Labute approximate surface area is 688 Å². The summed E-state index contributed by atoms with van der Waals surface area (Å²) >= 11 is 0. The average Bonchev–Trinajstić information content (AvgIpc) is 1.67. The zero-order chi connectivity index (χ0) is 84.6. The number of rotatable bonds is 12. The molecule has 0 aliphatic heterocycles. The van der Waals surface area contributed by atoms with Gasteiger partial charge in [0.15, 0.2) is 23.1 Å². The molecule has 0 aliphatic rings. The Balaban J connectivity index is 0.000000168. The van der Waals surface area contributed by atoms with Crippen LogP contribution in [0.4, 0.5) is 13.2 Å². The Bertz CT molecular complexity index is 5300. The largest absolute Gasteiger partial charge is 0.443 e. The molecule has 0 saturated heterocycles. The Morgan fingerprint density at radius 3 is 1.12 bits per heavy atom. The van der Waals surface area contributed by atoms with Crippen molar-refractivity contribution in [3.8, 4) is 45.4 Å². The van der Waals surface area contributed by atoms with E-state index in [0.717, 1.165) is 83.9 Å². The maximum Gasteiger partial charge on any atom is 0.227 e. The lowest BCUT2D eigenvalue weighted by Gasteiger charge is -2.10. The fourth-order valence-electron chi connectivity index (χ4n) is 14.0. The van der Waals surface area contributed by atoms with E-state index < -0.39 is 0 Å². The first kappa shape index (κ1) is 90.2. The van der Waals surface area contributed by atoms with E-state index in [2.05, 4.69) is 261 Å². The summed E-state index contributed by atoms with van der Waals surface area (Å²) in [6.45, 7) is 51.5. The number of hydrogen-bond donors (Lipinski definition) is 0. The van der Waals surface area contributed by atoms with Crippen LogP contribution in [0.2, 0.25) is 0 Å². The minimum atomic E-state index is -0.218. The van der Waals surface area contributed by atoms with Crippen molar-refractivity contribution in [3.05, 3.63) is 344 Å². The summed E-state index contributed by atoms with van der Waals surface area (Å²) in [4.78, 5) is 26.5. The molecule has 15 aromatic rings. The third-order valence-corrected chi connectivity index (χ3v) is 20.3. The van der Waals surface area contributed by atoms with E-state index >= 15 is 0 Å². The second-order valence-electron chi connectivity index (χ2n) is 32.2. The molecule has 12 heteroatoms. The Morgan fingerprint density at radius 1 is 0.259 bits per heavy atom. The number of halogens is 3. The van der Waals surface area contributed by atoms with Crippen molar-refractivity contribution in [2.45, 2.75) is 214 Å². The molecule has 0 radical (unpaired) electrons. The first-order valence-corrected chi connectivity index (χ1v) is 40.6. The third-order valence-electron chi connectivity index (χ3n) is 20.3. The zero-order valence-corrected chi connectivity index (χ0v) is 72.7. The van der Waals surface area contributed by atoms with Crippen LogP contribution in [0.5, 0.6) is 0 Å². The number of pyridine rings is 3. The maximum absolute atomic E-state index is 12.8. The quantitative estimate of drug-likeness (QED) is 0.118. The number of aromatic nitrogens is 6. The monoisotopic (exact) mass is 1560 g/mol. The Hall–Kier alpha value is -11.4. The second-order valence-corrected chi connectivity index (χ2v) is 32.2. The van der Waals surface area contributed by atoms with Crippen molar-refractivity contribution >= 4 is 33.3 Å². The van der Waals surface area contributed by atoms with Crippen LogP contribution in [0, 0.1) is 72.8 Å². The number of hydrogen-bond acceptors (Lipinski definition) is 9. The maximum atomic E-state index is 12.8. The number of aryl methyl sites for hydroxylation is 8.